The van der Waals surface area contributed by atoms with Crippen molar-refractivity contribution in [2.45, 2.75) is 27.7 Å². The zero-order valence-corrected chi connectivity index (χ0v) is 18.0. The van der Waals surface area contributed by atoms with Crippen LogP contribution in [0.15, 0.2) is 40.4 Å². The van der Waals surface area contributed by atoms with Crippen LogP contribution in [0.25, 0.3) is 6.08 Å². The predicted octanol–water partition coefficient (Wildman–Crippen LogP) is 5.41. The van der Waals surface area contributed by atoms with Crippen molar-refractivity contribution in [1.29, 1.82) is 5.26 Å². The maximum Gasteiger partial charge on any atom is 0.266 e. The summed E-state index contributed by atoms with van der Waals surface area (Å²) in [7, 11) is 0. The smallest absolute Gasteiger partial charge is 0.266 e. The molecule has 2 aromatic rings. The van der Waals surface area contributed by atoms with Gasteiger partial charge in [-0.25, -0.2) is 0 Å². The number of rotatable bonds is 7. The van der Waals surface area contributed by atoms with E-state index in [4.69, 9.17) is 9.47 Å². The highest BCUT2D eigenvalue weighted by atomic mass is 79.9. The van der Waals surface area contributed by atoms with Crippen LogP contribution < -0.4 is 14.8 Å². The highest BCUT2D eigenvalue weighted by Gasteiger charge is 2.15. The molecule has 0 saturated heterocycles. The van der Waals surface area contributed by atoms with Crippen LogP contribution in [0.2, 0.25) is 0 Å². The minimum atomic E-state index is -0.459. The molecule has 0 aliphatic heterocycles. The van der Waals surface area contributed by atoms with E-state index >= 15 is 0 Å². The van der Waals surface area contributed by atoms with E-state index in [2.05, 4.69) is 21.2 Å². The molecule has 28 heavy (non-hydrogen) atoms. The lowest BCUT2D eigenvalue weighted by molar-refractivity contribution is -0.112. The Morgan fingerprint density at radius 3 is 2.57 bits per heavy atom. The van der Waals surface area contributed by atoms with Crippen molar-refractivity contribution >= 4 is 33.6 Å². The quantitative estimate of drug-likeness (QED) is 0.459. The van der Waals surface area contributed by atoms with Gasteiger partial charge in [0.15, 0.2) is 11.5 Å². The second-order valence-electron chi connectivity index (χ2n) is 6.07. The van der Waals surface area contributed by atoms with Gasteiger partial charge in [0.2, 0.25) is 0 Å². The molecule has 0 fully saturated rings. The lowest BCUT2D eigenvalue weighted by Gasteiger charge is -2.14. The number of hydrogen-bond donors (Lipinski definition) is 1. The molecule has 0 aromatic heterocycles. The van der Waals surface area contributed by atoms with Gasteiger partial charge in [-0.2, -0.15) is 5.26 Å². The van der Waals surface area contributed by atoms with Gasteiger partial charge in [0, 0.05) is 5.69 Å². The van der Waals surface area contributed by atoms with Crippen LogP contribution in [-0.4, -0.2) is 19.1 Å². The molecule has 6 heteroatoms. The molecule has 1 N–H and O–H groups in total. The molecule has 0 aliphatic rings. The number of hydrogen-bond acceptors (Lipinski definition) is 4. The summed E-state index contributed by atoms with van der Waals surface area (Å²) < 4.78 is 12.0. The first-order valence-electron chi connectivity index (χ1n) is 8.99. The second-order valence-corrected chi connectivity index (χ2v) is 6.92. The molecule has 0 unspecified atom stereocenters. The van der Waals surface area contributed by atoms with Crippen molar-refractivity contribution in [1.82, 2.24) is 0 Å². The lowest BCUT2D eigenvalue weighted by Crippen LogP contribution is -2.14. The first-order chi connectivity index (χ1) is 13.4. The Bertz CT molecular complexity index is 946. The molecular formula is C22H23BrN2O3. The fourth-order valence-electron chi connectivity index (χ4n) is 2.61. The Morgan fingerprint density at radius 1 is 1.21 bits per heavy atom. The van der Waals surface area contributed by atoms with E-state index in [0.29, 0.717) is 40.4 Å². The number of carbonyl (C=O) groups is 1. The Kier molecular flexibility index (Phi) is 7.65. The summed E-state index contributed by atoms with van der Waals surface area (Å²) in [6.45, 7) is 8.64. The van der Waals surface area contributed by atoms with Gasteiger partial charge in [-0.1, -0.05) is 12.1 Å². The molecule has 2 rings (SSSR count). The molecule has 0 radical (unpaired) electrons. The van der Waals surface area contributed by atoms with Crippen LogP contribution in [0.5, 0.6) is 11.5 Å². The van der Waals surface area contributed by atoms with Gasteiger partial charge in [-0.3, -0.25) is 4.79 Å². The van der Waals surface area contributed by atoms with Crippen LogP contribution in [0.1, 0.15) is 30.5 Å². The van der Waals surface area contributed by atoms with Gasteiger partial charge in [0.25, 0.3) is 5.91 Å². The van der Waals surface area contributed by atoms with E-state index in [1.807, 2.05) is 52.0 Å². The fraction of sp³-hybridized carbons (Fsp3) is 0.273. The van der Waals surface area contributed by atoms with Crippen molar-refractivity contribution in [2.24, 2.45) is 0 Å². The molecule has 1 amide bonds. The molecule has 5 nitrogen and oxygen atoms in total. The maximum absolute atomic E-state index is 12.6. The van der Waals surface area contributed by atoms with Crippen LogP contribution in [0, 0.1) is 25.2 Å². The normalized spacial score (nSPS) is 10.9. The number of anilines is 1. The number of halogens is 1. The molecule has 0 bridgehead atoms. The first-order valence-corrected chi connectivity index (χ1v) is 9.79. The maximum atomic E-state index is 12.6. The molecule has 0 heterocycles. The van der Waals surface area contributed by atoms with E-state index in [1.54, 1.807) is 12.1 Å². The topological polar surface area (TPSA) is 71.3 Å². The zero-order valence-electron chi connectivity index (χ0n) is 16.4. The molecule has 0 aliphatic carbocycles. The molecular weight excluding hydrogens is 420 g/mol. The summed E-state index contributed by atoms with van der Waals surface area (Å²) in [6, 6.07) is 11.2. The predicted molar refractivity (Wildman–Crippen MR) is 115 cm³/mol. The van der Waals surface area contributed by atoms with E-state index in [9.17, 15) is 10.1 Å². The van der Waals surface area contributed by atoms with E-state index < -0.39 is 5.91 Å². The highest BCUT2D eigenvalue weighted by molar-refractivity contribution is 9.10. The number of amides is 1. The Balaban J connectivity index is 2.36. The molecule has 0 saturated carbocycles. The van der Waals surface area contributed by atoms with Gasteiger partial charge in [0.1, 0.15) is 11.6 Å². The van der Waals surface area contributed by atoms with Crippen molar-refractivity contribution in [3.63, 3.8) is 0 Å². The number of carbonyl (C=O) groups excluding carboxylic acids is 1. The molecule has 2 aromatic carbocycles. The Hall–Kier alpha value is -2.78. The zero-order chi connectivity index (χ0) is 20.7. The number of nitriles is 1. The molecule has 146 valence electrons. The summed E-state index contributed by atoms with van der Waals surface area (Å²) in [4.78, 5) is 12.6. The van der Waals surface area contributed by atoms with Gasteiger partial charge in [-0.15, -0.1) is 0 Å². The van der Waals surface area contributed by atoms with Crippen molar-refractivity contribution in [2.75, 3.05) is 18.5 Å². The third-order valence-electron chi connectivity index (χ3n) is 4.15. The first kappa shape index (κ1) is 21.5. The number of aryl methyl sites for hydroxylation is 1. The van der Waals surface area contributed by atoms with Crippen LogP contribution in [0.4, 0.5) is 5.69 Å². The van der Waals surface area contributed by atoms with E-state index in [-0.39, 0.29) is 5.57 Å². The Labute approximate surface area is 174 Å². The van der Waals surface area contributed by atoms with E-state index in [0.717, 1.165) is 11.1 Å². The summed E-state index contributed by atoms with van der Waals surface area (Å²) in [6.07, 6.45) is 1.53. The molecule has 0 atom stereocenters. The minimum absolute atomic E-state index is 0.000542. The van der Waals surface area contributed by atoms with Crippen LogP contribution in [-0.2, 0) is 4.79 Å². The highest BCUT2D eigenvalue weighted by Crippen LogP contribution is 2.37. The van der Waals surface area contributed by atoms with Gasteiger partial charge in [0.05, 0.1) is 17.7 Å². The number of nitrogens with zero attached hydrogens (tertiary/aromatic N) is 1. The minimum Gasteiger partial charge on any atom is -0.490 e. The van der Waals surface area contributed by atoms with Gasteiger partial charge in [-0.05, 0) is 84.6 Å². The summed E-state index contributed by atoms with van der Waals surface area (Å²) >= 11 is 3.47. The summed E-state index contributed by atoms with van der Waals surface area (Å²) in [5.41, 5.74) is 3.38. The number of nitrogens with one attached hydrogen (secondary N) is 1. The third kappa shape index (κ3) is 5.14. The third-order valence-corrected chi connectivity index (χ3v) is 4.74. The average Bonchev–Trinajstić information content (AvgIpc) is 2.66. The standard InChI is InChI=1S/C22H23BrN2O3/c1-5-27-20-12-16(11-18(23)21(20)28-6-2)10-17(13-24)22(26)25-19-9-7-8-14(3)15(19)4/h7-12H,5-6H2,1-4H3,(H,25,26)/b17-10-. The SMILES string of the molecule is CCOc1cc(/C=C(/C#N)C(=O)Nc2cccc(C)c2C)cc(Br)c1OCC. The van der Waals surface area contributed by atoms with E-state index in [1.165, 1.54) is 6.08 Å². The number of ether oxygens (including phenoxy) is 2. The second kappa shape index (κ2) is 9.95. The van der Waals surface area contributed by atoms with Crippen molar-refractivity contribution < 1.29 is 14.3 Å². The summed E-state index contributed by atoms with van der Waals surface area (Å²) in [5.74, 6) is 0.691. The fourth-order valence-corrected chi connectivity index (χ4v) is 3.18. The number of benzene rings is 2. The van der Waals surface area contributed by atoms with Crippen LogP contribution in [0.3, 0.4) is 0 Å². The van der Waals surface area contributed by atoms with Crippen molar-refractivity contribution in [3.8, 4) is 17.6 Å². The van der Waals surface area contributed by atoms with Crippen LogP contribution >= 0.6 is 15.9 Å². The Morgan fingerprint density at radius 2 is 1.93 bits per heavy atom. The largest absolute Gasteiger partial charge is 0.490 e. The molecule has 0 spiro atoms. The lowest BCUT2D eigenvalue weighted by atomic mass is 10.1. The van der Waals surface area contributed by atoms with Crippen molar-refractivity contribution in [3.05, 3.63) is 57.1 Å². The van der Waals surface area contributed by atoms with Gasteiger partial charge >= 0.3 is 0 Å². The summed E-state index contributed by atoms with van der Waals surface area (Å²) in [5, 5.41) is 12.3. The average molecular weight is 443 g/mol. The monoisotopic (exact) mass is 442 g/mol. The van der Waals surface area contributed by atoms with Gasteiger partial charge < -0.3 is 14.8 Å².